The number of benzene rings is 2. The fourth-order valence-electron chi connectivity index (χ4n) is 2.23. The van der Waals surface area contributed by atoms with Gasteiger partial charge in [-0.1, -0.05) is 24.3 Å². The maximum absolute atomic E-state index is 12.3. The third kappa shape index (κ3) is 2.58. The average Bonchev–Trinajstić information content (AvgIpc) is 2.43. The molecule has 0 amide bonds. The minimum atomic E-state index is -4.67. The number of hydrogen-bond acceptors (Lipinski definition) is 5. The zero-order valence-electron chi connectivity index (χ0n) is 10.6. The van der Waals surface area contributed by atoms with Crippen molar-refractivity contribution in [1.82, 2.24) is 0 Å². The van der Waals surface area contributed by atoms with Crippen molar-refractivity contribution in [3.63, 3.8) is 0 Å². The summed E-state index contributed by atoms with van der Waals surface area (Å²) in [6.45, 7) is 0. The van der Waals surface area contributed by atoms with E-state index in [1.54, 1.807) is 12.1 Å². The Morgan fingerprint density at radius 2 is 1.24 bits per heavy atom. The maximum atomic E-state index is 12.3. The molecule has 0 fully saturated rings. The van der Waals surface area contributed by atoms with Gasteiger partial charge in [-0.15, -0.1) is 0 Å². The van der Waals surface area contributed by atoms with Crippen LogP contribution in [0.1, 0.15) is 31.8 Å². The molecule has 0 atom stereocenters. The van der Waals surface area contributed by atoms with Gasteiger partial charge in [0, 0.05) is 22.3 Å². The van der Waals surface area contributed by atoms with Crippen molar-refractivity contribution in [2.24, 2.45) is 0 Å². The predicted octanol–water partition coefficient (Wildman–Crippen LogP) is 0.985. The van der Waals surface area contributed by atoms with Gasteiger partial charge in [0.1, 0.15) is 10.1 Å². The Balaban J connectivity index is 0.00000161. The van der Waals surface area contributed by atoms with Gasteiger partial charge in [-0.05, 0) is 18.2 Å². The van der Waals surface area contributed by atoms with E-state index in [1.807, 2.05) is 0 Å². The second kappa shape index (κ2) is 5.43. The molecule has 0 saturated heterocycles. The summed E-state index contributed by atoms with van der Waals surface area (Å²) in [6.07, 6.45) is 0. The molecule has 0 N–H and O–H groups in total. The molecule has 0 aromatic heterocycles. The van der Waals surface area contributed by atoms with Crippen LogP contribution in [-0.4, -0.2) is 51.8 Å². The second-order valence-electron chi connectivity index (χ2n) is 4.37. The largest absolute Gasteiger partial charge is 1.00 e. The van der Waals surface area contributed by atoms with Crippen LogP contribution in [0.3, 0.4) is 0 Å². The summed E-state index contributed by atoms with van der Waals surface area (Å²) < 4.78 is 33.0. The fraction of sp³-hybridized carbons (Fsp3) is 0. The predicted molar refractivity (Wildman–Crippen MR) is 73.5 cm³/mol. The Kier molecular flexibility index (Phi) is 4.13. The molecule has 2 aromatic rings. The number of ketones is 2. The van der Waals surface area contributed by atoms with Gasteiger partial charge in [0.25, 0.3) is 0 Å². The summed E-state index contributed by atoms with van der Waals surface area (Å²) in [5.41, 5.74) is 0.555. The van der Waals surface area contributed by atoms with Gasteiger partial charge in [0.2, 0.25) is 0 Å². The van der Waals surface area contributed by atoms with E-state index in [4.69, 9.17) is 0 Å². The summed E-state index contributed by atoms with van der Waals surface area (Å²) in [4.78, 5) is 24.0. The third-order valence-corrected chi connectivity index (χ3v) is 4.02. The second-order valence-corrected chi connectivity index (χ2v) is 5.74. The standard InChI is InChI=1S/C14H8O5S.Tl/c15-13-9-3-1-2-4-10(9)14(16)12-7-8(20(17,18)19)5-6-11(12)13;/h1-7H,(H,17,18,19);/q;+1/p-1. The van der Waals surface area contributed by atoms with Crippen molar-refractivity contribution in [2.45, 2.75) is 4.90 Å². The Hall–Kier alpha value is -1.39. The molecule has 2 aromatic carbocycles. The Labute approximate surface area is 140 Å². The zero-order chi connectivity index (χ0) is 14.5. The SMILES string of the molecule is O=C1c2ccccc2C(=O)c2cc(S(=O)(=O)[O-])ccc21.[Tl+]. The summed E-state index contributed by atoms with van der Waals surface area (Å²) in [6, 6.07) is 9.51. The Morgan fingerprint density at radius 1 is 0.762 bits per heavy atom. The Morgan fingerprint density at radius 3 is 1.76 bits per heavy atom. The molecular weight excluding hydrogens is 485 g/mol. The molecule has 0 unspecified atom stereocenters. The van der Waals surface area contributed by atoms with Crippen LogP contribution in [0.15, 0.2) is 47.4 Å². The molecule has 102 valence electrons. The first-order chi connectivity index (χ1) is 9.39. The van der Waals surface area contributed by atoms with Crippen LogP contribution < -0.4 is 0 Å². The molecule has 0 aliphatic heterocycles. The smallest absolute Gasteiger partial charge is 0.744 e. The van der Waals surface area contributed by atoms with Crippen LogP contribution in [0, 0.1) is 0 Å². The minimum absolute atomic E-state index is 0. The maximum Gasteiger partial charge on any atom is 1.00 e. The van der Waals surface area contributed by atoms with Gasteiger partial charge in [-0.2, -0.15) is 0 Å². The van der Waals surface area contributed by atoms with E-state index in [0.29, 0.717) is 0 Å². The van der Waals surface area contributed by atoms with Crippen LogP contribution in [0.5, 0.6) is 0 Å². The van der Waals surface area contributed by atoms with Crippen LogP contribution in [0.25, 0.3) is 0 Å². The number of hydrogen-bond donors (Lipinski definition) is 0. The van der Waals surface area contributed by atoms with Gasteiger partial charge in [-0.3, -0.25) is 9.59 Å². The molecule has 0 saturated carbocycles. The summed E-state index contributed by atoms with van der Waals surface area (Å²) >= 11 is 0. The normalized spacial score (nSPS) is 13.2. The van der Waals surface area contributed by atoms with Crippen molar-refractivity contribution < 1.29 is 22.6 Å². The van der Waals surface area contributed by atoms with E-state index in [2.05, 4.69) is 0 Å². The number of carbonyl (C=O) groups is 2. The molecule has 21 heavy (non-hydrogen) atoms. The summed E-state index contributed by atoms with van der Waals surface area (Å²) in [5.74, 6) is -0.814. The molecule has 0 spiro atoms. The molecule has 0 bridgehead atoms. The van der Waals surface area contributed by atoms with Crippen LogP contribution >= 0.6 is 0 Å². The molecule has 0 radical (unpaired) electrons. The van der Waals surface area contributed by atoms with Crippen molar-refractivity contribution in [2.75, 3.05) is 0 Å². The van der Waals surface area contributed by atoms with Crippen molar-refractivity contribution >= 4 is 49.0 Å². The Bertz CT molecular complexity index is 871. The third-order valence-electron chi connectivity index (χ3n) is 3.19. The van der Waals surface area contributed by atoms with Crippen LogP contribution in [-0.2, 0) is 10.1 Å². The zero-order valence-corrected chi connectivity index (χ0v) is 15.9. The molecule has 0 heterocycles. The molecule has 1 aliphatic rings. The van der Waals surface area contributed by atoms with Gasteiger partial charge < -0.3 is 4.55 Å². The van der Waals surface area contributed by atoms with Gasteiger partial charge >= 0.3 is 27.3 Å². The molecule has 3 rings (SSSR count). The number of fused-ring (bicyclic) bond motifs is 2. The number of carbonyl (C=O) groups excluding carboxylic acids is 2. The van der Waals surface area contributed by atoms with E-state index < -0.39 is 20.8 Å². The van der Waals surface area contributed by atoms with Gasteiger partial charge in [0.05, 0.1) is 4.90 Å². The molecular formula is C14H7O5STl. The van der Waals surface area contributed by atoms with E-state index in [9.17, 15) is 22.6 Å². The van der Waals surface area contributed by atoms with Crippen LogP contribution in [0.2, 0.25) is 0 Å². The molecule has 7 heteroatoms. The van der Waals surface area contributed by atoms with Crippen molar-refractivity contribution in [1.29, 1.82) is 0 Å². The van der Waals surface area contributed by atoms with E-state index in [-0.39, 0.29) is 55.3 Å². The molecule has 1 aliphatic carbocycles. The van der Waals surface area contributed by atoms with E-state index in [1.165, 1.54) is 18.2 Å². The quantitative estimate of drug-likeness (QED) is 0.374. The summed E-state index contributed by atoms with van der Waals surface area (Å²) in [5, 5.41) is 0. The van der Waals surface area contributed by atoms with E-state index in [0.717, 1.165) is 12.1 Å². The number of rotatable bonds is 1. The van der Waals surface area contributed by atoms with Crippen molar-refractivity contribution in [3.05, 3.63) is 64.7 Å². The molecule has 5 nitrogen and oxygen atoms in total. The van der Waals surface area contributed by atoms with Crippen molar-refractivity contribution in [3.8, 4) is 0 Å². The first-order valence-electron chi connectivity index (χ1n) is 5.68. The topological polar surface area (TPSA) is 91.3 Å². The minimum Gasteiger partial charge on any atom is -0.744 e. The van der Waals surface area contributed by atoms with Gasteiger partial charge in [0.15, 0.2) is 11.6 Å². The van der Waals surface area contributed by atoms with Gasteiger partial charge in [-0.25, -0.2) is 8.42 Å². The summed E-state index contributed by atoms with van der Waals surface area (Å²) in [7, 11) is -4.67. The fourth-order valence-corrected chi connectivity index (χ4v) is 2.73. The monoisotopic (exact) mass is 492 g/mol. The van der Waals surface area contributed by atoms with Crippen LogP contribution in [0.4, 0.5) is 0 Å². The average molecular weight is 492 g/mol. The first-order valence-corrected chi connectivity index (χ1v) is 7.09. The first kappa shape index (κ1) is 16.0. The van der Waals surface area contributed by atoms with E-state index >= 15 is 0 Å².